The van der Waals surface area contributed by atoms with Gasteiger partial charge in [-0.25, -0.2) is 0 Å². The lowest BCUT2D eigenvalue weighted by Gasteiger charge is -2.27. The normalized spacial score (nSPS) is 17.8. The van der Waals surface area contributed by atoms with E-state index in [0.29, 0.717) is 22.5 Å². The summed E-state index contributed by atoms with van der Waals surface area (Å²) in [6, 6.07) is 13.2. The van der Waals surface area contributed by atoms with Gasteiger partial charge in [-0.3, -0.25) is 19.2 Å². The molecule has 1 saturated heterocycles. The van der Waals surface area contributed by atoms with E-state index in [-0.39, 0.29) is 29.9 Å². The summed E-state index contributed by atoms with van der Waals surface area (Å²) >= 11 is 1.37. The average Bonchev–Trinajstić information content (AvgIpc) is 3.20. The van der Waals surface area contributed by atoms with Crippen LogP contribution in [0.3, 0.4) is 0 Å². The van der Waals surface area contributed by atoms with Crippen molar-refractivity contribution in [2.24, 2.45) is 4.99 Å². The van der Waals surface area contributed by atoms with E-state index < -0.39 is 5.25 Å². The Bertz CT molecular complexity index is 1140. The van der Waals surface area contributed by atoms with Gasteiger partial charge < -0.3 is 15.5 Å². The lowest BCUT2D eigenvalue weighted by molar-refractivity contribution is -0.121. The first-order valence-electron chi connectivity index (χ1n) is 11.3. The van der Waals surface area contributed by atoms with Gasteiger partial charge in [-0.2, -0.15) is 4.99 Å². The molecule has 2 heterocycles. The number of amidine groups is 1. The molecule has 0 bridgehead atoms. The maximum Gasteiger partial charge on any atom is 0.262 e. The predicted octanol–water partition coefficient (Wildman–Crippen LogP) is 3.95. The summed E-state index contributed by atoms with van der Waals surface area (Å²) in [6.07, 6.45) is 3.43. The van der Waals surface area contributed by atoms with Crippen molar-refractivity contribution in [1.29, 1.82) is 0 Å². The van der Waals surface area contributed by atoms with Gasteiger partial charge in [-0.15, -0.1) is 0 Å². The average molecular weight is 479 g/mol. The molecule has 2 aromatic rings. The van der Waals surface area contributed by atoms with Gasteiger partial charge in [0.15, 0.2) is 11.0 Å². The third kappa shape index (κ3) is 5.91. The molecule has 8 nitrogen and oxygen atoms in total. The molecule has 0 saturated carbocycles. The second kappa shape index (κ2) is 10.6. The van der Waals surface area contributed by atoms with Gasteiger partial charge in [0.1, 0.15) is 5.25 Å². The van der Waals surface area contributed by atoms with Gasteiger partial charge in [0.2, 0.25) is 5.91 Å². The highest BCUT2D eigenvalue weighted by molar-refractivity contribution is 8.15. The Hall–Kier alpha value is -3.46. The minimum atomic E-state index is -0.507. The monoisotopic (exact) mass is 478 g/mol. The number of carbonyl (C=O) groups excluding carboxylic acids is 4. The highest BCUT2D eigenvalue weighted by atomic mass is 32.2. The van der Waals surface area contributed by atoms with Crippen LogP contribution in [0.15, 0.2) is 53.5 Å². The van der Waals surface area contributed by atoms with Crippen molar-refractivity contribution in [2.45, 2.75) is 37.9 Å². The van der Waals surface area contributed by atoms with E-state index in [9.17, 15) is 19.2 Å². The van der Waals surface area contributed by atoms with Crippen LogP contribution in [-0.2, 0) is 9.59 Å². The minimum absolute atomic E-state index is 0.0407. The van der Waals surface area contributed by atoms with Crippen molar-refractivity contribution in [3.05, 3.63) is 59.7 Å². The number of aliphatic imine (C=N–C) groups is 1. The quantitative estimate of drug-likeness (QED) is 0.609. The first-order chi connectivity index (χ1) is 16.4. The summed E-state index contributed by atoms with van der Waals surface area (Å²) < 4.78 is 0. The van der Waals surface area contributed by atoms with E-state index in [4.69, 9.17) is 0 Å². The largest absolute Gasteiger partial charge is 0.351 e. The van der Waals surface area contributed by atoms with E-state index in [2.05, 4.69) is 20.5 Å². The summed E-state index contributed by atoms with van der Waals surface area (Å²) in [4.78, 5) is 55.1. The molecule has 2 aliphatic heterocycles. The van der Waals surface area contributed by atoms with Crippen molar-refractivity contribution in [1.82, 2.24) is 4.90 Å². The Morgan fingerprint density at radius 3 is 2.41 bits per heavy atom. The number of Topliss-reactive ketones (excluding diaryl/α,β-unsaturated/α-hetero) is 1. The molecular formula is C25H26N4O4S. The molecule has 0 spiro atoms. The second-order valence-electron chi connectivity index (χ2n) is 8.31. The summed E-state index contributed by atoms with van der Waals surface area (Å²) in [5, 5.41) is 5.77. The number of benzene rings is 2. The third-order valence-corrected chi connectivity index (χ3v) is 6.90. The molecule has 0 aromatic heterocycles. The van der Waals surface area contributed by atoms with E-state index >= 15 is 0 Å². The van der Waals surface area contributed by atoms with Crippen LogP contribution in [0.1, 0.15) is 53.3 Å². The lowest BCUT2D eigenvalue weighted by atomic mass is 10.1. The van der Waals surface area contributed by atoms with Crippen LogP contribution < -0.4 is 10.6 Å². The van der Waals surface area contributed by atoms with E-state index in [0.717, 1.165) is 31.1 Å². The highest BCUT2D eigenvalue weighted by Crippen LogP contribution is 2.29. The third-order valence-electron chi connectivity index (χ3n) is 5.68. The molecule has 0 aliphatic carbocycles. The predicted molar refractivity (Wildman–Crippen MR) is 133 cm³/mol. The maximum atomic E-state index is 12.5. The number of thioether (sulfide) groups is 1. The van der Waals surface area contributed by atoms with Crippen molar-refractivity contribution in [3.63, 3.8) is 0 Å². The number of amides is 3. The number of carbonyl (C=O) groups is 4. The standard InChI is InChI=1S/C25H26N4O4S/c1-16(30)18-6-5-7-20(14-18)27-23(32)17-8-10-19(11-9-17)26-22(31)15-21-24(33)28-25(34-21)29-12-3-2-4-13-29/h5-11,14,21H,2-4,12-13,15H2,1H3,(H,26,31)(H,27,32)/t21-/m0/s1. The fourth-order valence-electron chi connectivity index (χ4n) is 3.83. The van der Waals surface area contributed by atoms with Crippen LogP contribution in [0.2, 0.25) is 0 Å². The Kier molecular flexibility index (Phi) is 7.42. The van der Waals surface area contributed by atoms with Crippen molar-refractivity contribution >= 4 is 51.8 Å². The SMILES string of the molecule is CC(=O)c1cccc(NC(=O)c2ccc(NC(=O)C[C@@H]3SC(N4CCCCC4)=NC3=O)cc2)c1. The molecule has 4 rings (SSSR count). The molecule has 0 radical (unpaired) electrons. The summed E-state index contributed by atoms with van der Waals surface area (Å²) in [7, 11) is 0. The molecule has 2 aromatic carbocycles. The number of hydrogen-bond donors (Lipinski definition) is 2. The Morgan fingerprint density at radius 1 is 0.971 bits per heavy atom. The number of nitrogens with zero attached hydrogens (tertiary/aromatic N) is 2. The number of hydrogen-bond acceptors (Lipinski definition) is 6. The topological polar surface area (TPSA) is 108 Å². The number of piperidine rings is 1. The van der Waals surface area contributed by atoms with Crippen molar-refractivity contribution in [2.75, 3.05) is 23.7 Å². The van der Waals surface area contributed by atoms with Crippen LogP contribution in [0.25, 0.3) is 0 Å². The zero-order valence-corrected chi connectivity index (χ0v) is 19.7. The molecule has 0 unspecified atom stereocenters. The Morgan fingerprint density at radius 2 is 1.71 bits per heavy atom. The molecule has 1 atom stereocenters. The lowest BCUT2D eigenvalue weighted by Crippen LogP contribution is -2.33. The highest BCUT2D eigenvalue weighted by Gasteiger charge is 2.33. The first-order valence-corrected chi connectivity index (χ1v) is 12.1. The van der Waals surface area contributed by atoms with Crippen LogP contribution in [0, 0.1) is 0 Å². The molecular weight excluding hydrogens is 452 g/mol. The Balaban J connectivity index is 1.29. The van der Waals surface area contributed by atoms with Crippen LogP contribution in [-0.4, -0.2) is 51.9 Å². The van der Waals surface area contributed by atoms with Crippen molar-refractivity contribution < 1.29 is 19.2 Å². The first kappa shape index (κ1) is 23.7. The zero-order chi connectivity index (χ0) is 24.1. The summed E-state index contributed by atoms with van der Waals surface area (Å²) in [5.74, 6) is -0.946. The van der Waals surface area contributed by atoms with Crippen LogP contribution in [0.4, 0.5) is 11.4 Å². The molecule has 2 N–H and O–H groups in total. The number of rotatable bonds is 6. The van der Waals surface area contributed by atoms with Gasteiger partial charge in [0, 0.05) is 42.0 Å². The smallest absolute Gasteiger partial charge is 0.262 e. The van der Waals surface area contributed by atoms with Gasteiger partial charge in [0.25, 0.3) is 11.8 Å². The number of nitrogens with one attached hydrogen (secondary N) is 2. The second-order valence-corrected chi connectivity index (χ2v) is 9.48. The molecule has 176 valence electrons. The fraction of sp³-hybridized carbons (Fsp3) is 0.320. The zero-order valence-electron chi connectivity index (χ0n) is 18.9. The molecule has 1 fully saturated rings. The van der Waals surface area contributed by atoms with Gasteiger partial charge >= 0.3 is 0 Å². The van der Waals surface area contributed by atoms with Crippen LogP contribution >= 0.6 is 11.8 Å². The van der Waals surface area contributed by atoms with E-state index in [1.165, 1.54) is 25.1 Å². The van der Waals surface area contributed by atoms with Crippen LogP contribution in [0.5, 0.6) is 0 Å². The van der Waals surface area contributed by atoms with E-state index in [1.807, 2.05) is 0 Å². The van der Waals surface area contributed by atoms with Gasteiger partial charge in [-0.05, 0) is 62.6 Å². The van der Waals surface area contributed by atoms with E-state index in [1.54, 1.807) is 48.5 Å². The maximum absolute atomic E-state index is 12.5. The Labute approximate surface area is 202 Å². The van der Waals surface area contributed by atoms with Gasteiger partial charge in [0.05, 0.1) is 0 Å². The van der Waals surface area contributed by atoms with Gasteiger partial charge in [-0.1, -0.05) is 23.9 Å². The number of ketones is 1. The molecule has 2 aliphatic rings. The minimum Gasteiger partial charge on any atom is -0.351 e. The fourth-order valence-corrected chi connectivity index (χ4v) is 4.95. The summed E-state index contributed by atoms with van der Waals surface area (Å²) in [5.41, 5.74) is 1.99. The van der Waals surface area contributed by atoms with Crippen molar-refractivity contribution in [3.8, 4) is 0 Å². The number of anilines is 2. The summed E-state index contributed by atoms with van der Waals surface area (Å²) in [6.45, 7) is 3.27. The molecule has 34 heavy (non-hydrogen) atoms. The molecule has 3 amide bonds. The number of likely N-dealkylation sites (tertiary alicyclic amines) is 1. The molecule has 9 heteroatoms.